The zero-order valence-electron chi connectivity index (χ0n) is 11.9. The van der Waals surface area contributed by atoms with Crippen molar-refractivity contribution in [3.05, 3.63) is 23.4 Å². The van der Waals surface area contributed by atoms with Gasteiger partial charge in [0, 0.05) is 12.6 Å². The number of ether oxygens (including phenoxy) is 2. The Hall–Kier alpha value is -1.78. The topological polar surface area (TPSA) is 51.7 Å². The van der Waals surface area contributed by atoms with Crippen molar-refractivity contribution >= 4 is 6.09 Å². The molecule has 1 amide bonds. The van der Waals surface area contributed by atoms with E-state index in [9.17, 15) is 4.79 Å². The number of nitrogens with zero attached hydrogens (tertiary/aromatic N) is 2. The molecule has 1 aromatic rings. The number of carbonyl (C=O) groups excluding carboxylic acids is 1. The molecule has 0 saturated heterocycles. The van der Waals surface area contributed by atoms with E-state index >= 15 is 0 Å². The minimum Gasteiger partial charge on any atom is -0.481 e. The normalized spacial score (nSPS) is 14.8. The summed E-state index contributed by atoms with van der Waals surface area (Å²) in [6.45, 7) is 6.73. The fraction of sp³-hybridized carbons (Fsp3) is 0.571. The highest BCUT2D eigenvalue weighted by Crippen LogP contribution is 2.21. The van der Waals surface area contributed by atoms with E-state index in [0.717, 1.165) is 12.1 Å². The zero-order chi connectivity index (χ0) is 14.0. The van der Waals surface area contributed by atoms with E-state index < -0.39 is 5.60 Å². The summed E-state index contributed by atoms with van der Waals surface area (Å²) in [4.78, 5) is 18.1. The van der Waals surface area contributed by atoms with E-state index in [2.05, 4.69) is 4.98 Å². The van der Waals surface area contributed by atoms with Crippen LogP contribution in [0.25, 0.3) is 0 Å². The summed E-state index contributed by atoms with van der Waals surface area (Å²) in [6, 6.07) is 3.86. The molecule has 0 aromatic carbocycles. The van der Waals surface area contributed by atoms with Gasteiger partial charge in [0.1, 0.15) is 5.60 Å². The molecule has 5 heteroatoms. The Kier molecular flexibility index (Phi) is 3.64. The molecule has 0 unspecified atom stereocenters. The van der Waals surface area contributed by atoms with Gasteiger partial charge in [0.15, 0.2) is 0 Å². The molecule has 2 heterocycles. The van der Waals surface area contributed by atoms with Gasteiger partial charge >= 0.3 is 6.09 Å². The molecule has 5 nitrogen and oxygen atoms in total. The standard InChI is InChI=1S/C14H20N2O3/c1-14(2,3)19-13(17)16-8-7-10-5-6-12(18-4)15-11(10)9-16/h5-6H,7-9H2,1-4H3. The van der Waals surface area contributed by atoms with Gasteiger partial charge in [-0.2, -0.15) is 0 Å². The average Bonchev–Trinajstić information content (AvgIpc) is 2.35. The third-order valence-corrected chi connectivity index (χ3v) is 2.90. The first-order chi connectivity index (χ1) is 8.89. The van der Waals surface area contributed by atoms with Crippen LogP contribution in [0.4, 0.5) is 4.79 Å². The van der Waals surface area contributed by atoms with Crippen molar-refractivity contribution < 1.29 is 14.3 Å². The Bertz CT molecular complexity index is 480. The van der Waals surface area contributed by atoms with Gasteiger partial charge in [0.05, 0.1) is 19.3 Å². The lowest BCUT2D eigenvalue weighted by Crippen LogP contribution is -2.40. The number of pyridine rings is 1. The van der Waals surface area contributed by atoms with Crippen LogP contribution >= 0.6 is 0 Å². The minimum atomic E-state index is -0.473. The summed E-state index contributed by atoms with van der Waals surface area (Å²) in [6.07, 6.45) is 0.508. The highest BCUT2D eigenvalue weighted by atomic mass is 16.6. The second kappa shape index (κ2) is 5.07. The van der Waals surface area contributed by atoms with E-state index in [0.29, 0.717) is 19.0 Å². The van der Waals surface area contributed by atoms with Crippen LogP contribution in [0.15, 0.2) is 12.1 Å². The van der Waals surface area contributed by atoms with Gasteiger partial charge in [-0.1, -0.05) is 6.07 Å². The van der Waals surface area contributed by atoms with Crippen LogP contribution in [0.1, 0.15) is 32.0 Å². The Morgan fingerprint density at radius 3 is 2.74 bits per heavy atom. The van der Waals surface area contributed by atoms with E-state index in [4.69, 9.17) is 9.47 Å². The quantitative estimate of drug-likeness (QED) is 0.781. The predicted octanol–water partition coefficient (Wildman–Crippen LogP) is 2.38. The SMILES string of the molecule is COc1ccc2c(n1)CN(C(=O)OC(C)(C)C)CC2. The first-order valence-corrected chi connectivity index (χ1v) is 6.40. The summed E-state index contributed by atoms with van der Waals surface area (Å²) < 4.78 is 10.5. The lowest BCUT2D eigenvalue weighted by atomic mass is 10.1. The van der Waals surface area contributed by atoms with Crippen molar-refractivity contribution in [1.29, 1.82) is 0 Å². The molecule has 2 rings (SSSR count). The number of fused-ring (bicyclic) bond motifs is 1. The minimum absolute atomic E-state index is 0.289. The molecule has 0 aliphatic carbocycles. The molecular formula is C14H20N2O3. The molecule has 0 N–H and O–H groups in total. The maximum Gasteiger partial charge on any atom is 0.410 e. The molecule has 0 atom stereocenters. The molecule has 0 fully saturated rings. The van der Waals surface area contributed by atoms with Crippen molar-refractivity contribution in [2.45, 2.75) is 39.3 Å². The van der Waals surface area contributed by atoms with E-state index in [1.807, 2.05) is 32.9 Å². The van der Waals surface area contributed by atoms with Gasteiger partial charge in [0.2, 0.25) is 5.88 Å². The molecule has 1 aliphatic rings. The highest BCUT2D eigenvalue weighted by Gasteiger charge is 2.26. The smallest absolute Gasteiger partial charge is 0.410 e. The number of rotatable bonds is 1. The monoisotopic (exact) mass is 264 g/mol. The maximum absolute atomic E-state index is 12.0. The van der Waals surface area contributed by atoms with Crippen LogP contribution in [0.3, 0.4) is 0 Å². The highest BCUT2D eigenvalue weighted by molar-refractivity contribution is 5.68. The van der Waals surface area contributed by atoms with Crippen LogP contribution in [-0.2, 0) is 17.7 Å². The number of hydrogen-bond donors (Lipinski definition) is 0. The maximum atomic E-state index is 12.0. The largest absolute Gasteiger partial charge is 0.481 e. The van der Waals surface area contributed by atoms with Crippen LogP contribution in [-0.4, -0.2) is 35.2 Å². The molecule has 0 saturated carbocycles. The van der Waals surface area contributed by atoms with Crippen molar-refractivity contribution in [1.82, 2.24) is 9.88 Å². The first kappa shape index (κ1) is 13.6. The fourth-order valence-electron chi connectivity index (χ4n) is 1.99. The first-order valence-electron chi connectivity index (χ1n) is 6.40. The summed E-state index contributed by atoms with van der Waals surface area (Å²) >= 11 is 0. The van der Waals surface area contributed by atoms with Gasteiger partial charge in [-0.05, 0) is 32.8 Å². The molecule has 0 bridgehead atoms. The van der Waals surface area contributed by atoms with Gasteiger partial charge in [-0.15, -0.1) is 0 Å². The molecule has 104 valence electrons. The van der Waals surface area contributed by atoms with Gasteiger partial charge in [-0.25, -0.2) is 9.78 Å². The van der Waals surface area contributed by atoms with Crippen LogP contribution in [0.5, 0.6) is 5.88 Å². The van der Waals surface area contributed by atoms with Crippen molar-refractivity contribution in [3.63, 3.8) is 0 Å². The fourth-order valence-corrected chi connectivity index (χ4v) is 1.99. The van der Waals surface area contributed by atoms with E-state index in [1.54, 1.807) is 12.0 Å². The van der Waals surface area contributed by atoms with Crippen molar-refractivity contribution in [3.8, 4) is 5.88 Å². The third-order valence-electron chi connectivity index (χ3n) is 2.90. The van der Waals surface area contributed by atoms with E-state index in [-0.39, 0.29) is 6.09 Å². The molecule has 1 aromatic heterocycles. The summed E-state index contributed by atoms with van der Waals surface area (Å²) in [5, 5.41) is 0. The van der Waals surface area contributed by atoms with Gasteiger partial charge in [-0.3, -0.25) is 0 Å². The van der Waals surface area contributed by atoms with Crippen LogP contribution in [0.2, 0.25) is 0 Å². The van der Waals surface area contributed by atoms with Crippen molar-refractivity contribution in [2.75, 3.05) is 13.7 Å². The summed E-state index contributed by atoms with van der Waals surface area (Å²) in [5.41, 5.74) is 1.58. The second-order valence-electron chi connectivity index (χ2n) is 5.61. The second-order valence-corrected chi connectivity index (χ2v) is 5.61. The number of amides is 1. The van der Waals surface area contributed by atoms with Crippen LogP contribution in [0, 0.1) is 0 Å². The Balaban J connectivity index is 2.10. The number of carbonyl (C=O) groups is 1. The Labute approximate surface area is 113 Å². The van der Waals surface area contributed by atoms with Gasteiger partial charge in [0.25, 0.3) is 0 Å². The lowest BCUT2D eigenvalue weighted by Gasteiger charge is -2.30. The van der Waals surface area contributed by atoms with E-state index in [1.165, 1.54) is 5.56 Å². The molecule has 0 spiro atoms. The summed E-state index contributed by atoms with van der Waals surface area (Å²) in [7, 11) is 1.59. The third kappa shape index (κ3) is 3.36. The molecular weight excluding hydrogens is 244 g/mol. The number of hydrogen-bond acceptors (Lipinski definition) is 4. The molecule has 0 radical (unpaired) electrons. The predicted molar refractivity (Wildman–Crippen MR) is 71.1 cm³/mol. The van der Waals surface area contributed by atoms with Crippen LogP contribution < -0.4 is 4.74 Å². The lowest BCUT2D eigenvalue weighted by molar-refractivity contribution is 0.0220. The molecule has 1 aliphatic heterocycles. The zero-order valence-corrected chi connectivity index (χ0v) is 11.9. The van der Waals surface area contributed by atoms with Gasteiger partial charge < -0.3 is 14.4 Å². The van der Waals surface area contributed by atoms with Crippen molar-refractivity contribution in [2.24, 2.45) is 0 Å². The Morgan fingerprint density at radius 2 is 2.11 bits per heavy atom. The summed E-state index contributed by atoms with van der Waals surface area (Å²) in [5.74, 6) is 0.574. The molecule has 19 heavy (non-hydrogen) atoms. The Morgan fingerprint density at radius 1 is 1.37 bits per heavy atom. The average molecular weight is 264 g/mol. The number of methoxy groups -OCH3 is 1. The number of aromatic nitrogens is 1.